The number of rotatable bonds is 5. The van der Waals surface area contributed by atoms with Crippen molar-refractivity contribution in [1.82, 2.24) is 4.98 Å². The fourth-order valence-corrected chi connectivity index (χ4v) is 3.02. The molecule has 2 aromatic rings. The summed E-state index contributed by atoms with van der Waals surface area (Å²) in [6, 6.07) is 13.2. The standard InChI is InChI=1S/C17H16BrN3OS/c1-11(2)14-8-7-12(9-19)17(21-14)23-10-16(22)20-15-6-4-3-5-13(15)18/h3-8,11H,10H2,1-2H3,(H,20,22). The van der Waals surface area contributed by atoms with E-state index in [1.54, 1.807) is 6.07 Å². The summed E-state index contributed by atoms with van der Waals surface area (Å²) in [6.45, 7) is 4.09. The zero-order valence-electron chi connectivity index (χ0n) is 12.8. The van der Waals surface area contributed by atoms with Crippen LogP contribution < -0.4 is 5.32 Å². The van der Waals surface area contributed by atoms with Crippen LogP contribution in [0, 0.1) is 11.3 Å². The molecule has 0 saturated heterocycles. The molecule has 0 spiro atoms. The molecular weight excluding hydrogens is 374 g/mol. The van der Waals surface area contributed by atoms with Crippen LogP contribution in [0.5, 0.6) is 0 Å². The highest BCUT2D eigenvalue weighted by molar-refractivity contribution is 9.10. The summed E-state index contributed by atoms with van der Waals surface area (Å²) in [4.78, 5) is 16.6. The number of aromatic nitrogens is 1. The zero-order chi connectivity index (χ0) is 16.8. The van der Waals surface area contributed by atoms with Crippen LogP contribution in [0.25, 0.3) is 0 Å². The van der Waals surface area contributed by atoms with Crippen molar-refractivity contribution in [2.45, 2.75) is 24.8 Å². The number of pyridine rings is 1. The van der Waals surface area contributed by atoms with E-state index in [1.165, 1.54) is 11.8 Å². The van der Waals surface area contributed by atoms with Crippen molar-refractivity contribution in [3.63, 3.8) is 0 Å². The van der Waals surface area contributed by atoms with Gasteiger partial charge < -0.3 is 5.32 Å². The largest absolute Gasteiger partial charge is 0.324 e. The Morgan fingerprint density at radius 2 is 2.09 bits per heavy atom. The third kappa shape index (κ3) is 4.81. The van der Waals surface area contributed by atoms with Crippen molar-refractivity contribution in [2.75, 3.05) is 11.1 Å². The maximum Gasteiger partial charge on any atom is 0.234 e. The number of hydrogen-bond donors (Lipinski definition) is 1. The average Bonchev–Trinajstić information content (AvgIpc) is 2.54. The summed E-state index contributed by atoms with van der Waals surface area (Å²) >= 11 is 4.67. The SMILES string of the molecule is CC(C)c1ccc(C#N)c(SCC(=O)Nc2ccccc2Br)n1. The Bertz CT molecular complexity index is 756. The van der Waals surface area contributed by atoms with E-state index in [9.17, 15) is 10.1 Å². The molecule has 0 unspecified atom stereocenters. The van der Waals surface area contributed by atoms with Crippen LogP contribution in [0.3, 0.4) is 0 Å². The number of benzene rings is 1. The Balaban J connectivity index is 2.05. The third-order valence-electron chi connectivity index (χ3n) is 3.08. The number of amides is 1. The van der Waals surface area contributed by atoms with Crippen molar-refractivity contribution >= 4 is 39.3 Å². The number of nitriles is 1. The Labute approximate surface area is 148 Å². The predicted molar refractivity (Wildman–Crippen MR) is 96.5 cm³/mol. The first-order valence-corrected chi connectivity index (χ1v) is 8.87. The van der Waals surface area contributed by atoms with E-state index in [0.29, 0.717) is 10.6 Å². The van der Waals surface area contributed by atoms with Gasteiger partial charge in [-0.25, -0.2) is 4.98 Å². The maximum atomic E-state index is 12.1. The number of carbonyl (C=O) groups excluding carboxylic acids is 1. The predicted octanol–water partition coefficient (Wildman–Crippen LogP) is 4.57. The minimum Gasteiger partial charge on any atom is -0.324 e. The lowest BCUT2D eigenvalue weighted by atomic mass is 10.1. The molecule has 118 valence electrons. The fraction of sp³-hybridized carbons (Fsp3) is 0.235. The van der Waals surface area contributed by atoms with Crippen LogP contribution in [-0.2, 0) is 4.79 Å². The van der Waals surface area contributed by atoms with Crippen molar-refractivity contribution in [1.29, 1.82) is 5.26 Å². The summed E-state index contributed by atoms with van der Waals surface area (Å²) in [7, 11) is 0. The lowest BCUT2D eigenvalue weighted by Crippen LogP contribution is -2.14. The highest BCUT2D eigenvalue weighted by Gasteiger charge is 2.12. The molecule has 0 aliphatic rings. The fourth-order valence-electron chi connectivity index (χ4n) is 1.85. The van der Waals surface area contributed by atoms with Gasteiger partial charge in [0.25, 0.3) is 0 Å². The van der Waals surface area contributed by atoms with Gasteiger partial charge >= 0.3 is 0 Å². The number of carbonyl (C=O) groups is 1. The number of para-hydroxylation sites is 1. The highest BCUT2D eigenvalue weighted by Crippen LogP contribution is 2.25. The molecule has 6 heteroatoms. The van der Waals surface area contributed by atoms with Gasteiger partial charge in [0.15, 0.2) is 0 Å². The molecule has 0 aliphatic carbocycles. The number of nitrogens with one attached hydrogen (secondary N) is 1. The molecule has 1 heterocycles. The van der Waals surface area contributed by atoms with Gasteiger partial charge in [-0.2, -0.15) is 5.26 Å². The van der Waals surface area contributed by atoms with E-state index in [1.807, 2.05) is 44.2 Å². The molecule has 1 amide bonds. The average molecular weight is 390 g/mol. The first-order chi connectivity index (χ1) is 11.0. The molecule has 0 radical (unpaired) electrons. The van der Waals surface area contributed by atoms with E-state index < -0.39 is 0 Å². The monoisotopic (exact) mass is 389 g/mol. The number of halogens is 1. The van der Waals surface area contributed by atoms with Crippen LogP contribution >= 0.6 is 27.7 Å². The van der Waals surface area contributed by atoms with Crippen molar-refractivity contribution in [2.24, 2.45) is 0 Å². The first kappa shape index (κ1) is 17.5. The van der Waals surface area contributed by atoms with Gasteiger partial charge in [0.2, 0.25) is 5.91 Å². The number of hydrogen-bond acceptors (Lipinski definition) is 4. The molecule has 0 atom stereocenters. The first-order valence-electron chi connectivity index (χ1n) is 7.09. The molecule has 1 N–H and O–H groups in total. The van der Waals surface area contributed by atoms with Crippen molar-refractivity contribution < 1.29 is 4.79 Å². The molecule has 0 fully saturated rings. The third-order valence-corrected chi connectivity index (χ3v) is 4.76. The van der Waals surface area contributed by atoms with Crippen LogP contribution in [0.15, 0.2) is 45.9 Å². The topological polar surface area (TPSA) is 65.8 Å². The molecule has 0 aliphatic heterocycles. The summed E-state index contributed by atoms with van der Waals surface area (Å²) in [5.41, 5.74) is 2.13. The minimum atomic E-state index is -0.137. The molecular formula is C17H16BrN3OS. The summed E-state index contributed by atoms with van der Waals surface area (Å²) in [6.07, 6.45) is 0. The van der Waals surface area contributed by atoms with Gasteiger partial charge in [0.1, 0.15) is 11.1 Å². The lowest BCUT2D eigenvalue weighted by Gasteiger charge is -2.09. The Morgan fingerprint density at radius 3 is 2.74 bits per heavy atom. The van der Waals surface area contributed by atoms with Crippen LogP contribution in [0.4, 0.5) is 5.69 Å². The lowest BCUT2D eigenvalue weighted by molar-refractivity contribution is -0.113. The van der Waals surface area contributed by atoms with Gasteiger partial charge in [-0.3, -0.25) is 4.79 Å². The Morgan fingerprint density at radius 1 is 1.35 bits per heavy atom. The normalized spacial score (nSPS) is 10.4. The molecule has 0 bridgehead atoms. The van der Waals surface area contributed by atoms with E-state index in [0.717, 1.165) is 15.9 Å². The van der Waals surface area contributed by atoms with E-state index in [2.05, 4.69) is 32.3 Å². The van der Waals surface area contributed by atoms with E-state index in [4.69, 9.17) is 0 Å². The summed E-state index contributed by atoms with van der Waals surface area (Å²) < 4.78 is 0.830. The highest BCUT2D eigenvalue weighted by atomic mass is 79.9. The van der Waals surface area contributed by atoms with Crippen LogP contribution in [-0.4, -0.2) is 16.6 Å². The van der Waals surface area contributed by atoms with Crippen molar-refractivity contribution in [3.8, 4) is 6.07 Å². The Kier molecular flexibility index (Phi) is 6.20. The quantitative estimate of drug-likeness (QED) is 0.760. The smallest absolute Gasteiger partial charge is 0.234 e. The zero-order valence-corrected chi connectivity index (χ0v) is 15.2. The van der Waals surface area contributed by atoms with E-state index >= 15 is 0 Å². The molecule has 1 aromatic carbocycles. The van der Waals surface area contributed by atoms with Gasteiger partial charge in [-0.05, 0) is 46.1 Å². The van der Waals surface area contributed by atoms with Crippen LogP contribution in [0.2, 0.25) is 0 Å². The second-order valence-electron chi connectivity index (χ2n) is 5.17. The van der Waals surface area contributed by atoms with Gasteiger partial charge in [-0.15, -0.1) is 0 Å². The molecule has 0 saturated carbocycles. The molecule has 1 aromatic heterocycles. The van der Waals surface area contributed by atoms with Crippen molar-refractivity contribution in [3.05, 3.63) is 52.1 Å². The summed E-state index contributed by atoms with van der Waals surface area (Å²) in [5, 5.41) is 12.6. The number of anilines is 1. The van der Waals surface area contributed by atoms with E-state index in [-0.39, 0.29) is 17.6 Å². The second-order valence-corrected chi connectivity index (χ2v) is 6.99. The summed E-state index contributed by atoms with van der Waals surface area (Å²) in [5.74, 6) is 0.337. The second kappa shape index (κ2) is 8.14. The molecule has 2 rings (SSSR count). The molecule has 4 nitrogen and oxygen atoms in total. The number of thioether (sulfide) groups is 1. The Hall–Kier alpha value is -1.84. The maximum absolute atomic E-state index is 12.1. The van der Waals surface area contributed by atoms with Gasteiger partial charge in [-0.1, -0.05) is 37.7 Å². The van der Waals surface area contributed by atoms with Gasteiger partial charge in [0.05, 0.1) is 17.0 Å². The van der Waals surface area contributed by atoms with Gasteiger partial charge in [0, 0.05) is 10.2 Å². The minimum absolute atomic E-state index is 0.137. The van der Waals surface area contributed by atoms with Crippen LogP contribution in [0.1, 0.15) is 31.0 Å². The molecule has 23 heavy (non-hydrogen) atoms. The number of nitrogens with zero attached hydrogens (tertiary/aromatic N) is 2.